The number of aromatic nitrogens is 4. The minimum Gasteiger partial charge on any atom is -0.413 e. The molecule has 146 valence electrons. The van der Waals surface area contributed by atoms with Gasteiger partial charge < -0.3 is 14.1 Å². The molecule has 0 spiro atoms. The molecule has 4 heterocycles. The molecule has 2 aromatic rings. The molecule has 2 aliphatic rings. The quantitative estimate of drug-likeness (QED) is 0.407. The zero-order chi connectivity index (χ0) is 18.6. The summed E-state index contributed by atoms with van der Waals surface area (Å²) in [6.07, 6.45) is 2.48. The first-order valence-corrected chi connectivity index (χ1v) is 10.7. The lowest BCUT2D eigenvalue weighted by atomic mass is 10.4. The van der Waals surface area contributed by atoms with Gasteiger partial charge in [-0.1, -0.05) is 11.8 Å². The molecule has 2 fully saturated rings. The van der Waals surface area contributed by atoms with Crippen molar-refractivity contribution >= 4 is 29.9 Å². The molecule has 8 nitrogen and oxygen atoms in total. The molecule has 27 heavy (non-hydrogen) atoms. The van der Waals surface area contributed by atoms with Crippen molar-refractivity contribution in [3.63, 3.8) is 0 Å². The van der Waals surface area contributed by atoms with Crippen molar-refractivity contribution in [1.29, 1.82) is 0 Å². The molecule has 2 saturated heterocycles. The van der Waals surface area contributed by atoms with Crippen molar-refractivity contribution in [1.82, 2.24) is 24.6 Å². The average molecular weight is 409 g/mol. The molecule has 0 amide bonds. The number of rotatable bonds is 6. The van der Waals surface area contributed by atoms with E-state index in [4.69, 9.17) is 26.4 Å². The SMILES string of the molecule is Cc1cc(SCc2nn(CN3CCCC3)c(=S)o2)nc(N2CCOCC2)n1. The van der Waals surface area contributed by atoms with Crippen molar-refractivity contribution < 1.29 is 9.15 Å². The van der Waals surface area contributed by atoms with E-state index in [2.05, 4.69) is 19.9 Å². The summed E-state index contributed by atoms with van der Waals surface area (Å²) in [4.78, 5) is 14.2. The van der Waals surface area contributed by atoms with E-state index in [1.165, 1.54) is 12.8 Å². The highest BCUT2D eigenvalue weighted by Gasteiger charge is 2.17. The number of morpholine rings is 1. The molecule has 2 aliphatic heterocycles. The van der Waals surface area contributed by atoms with Crippen LogP contribution in [0.2, 0.25) is 0 Å². The van der Waals surface area contributed by atoms with Crippen LogP contribution in [0, 0.1) is 11.8 Å². The molecule has 0 saturated carbocycles. The van der Waals surface area contributed by atoms with Gasteiger partial charge in [-0.15, -0.1) is 5.10 Å². The van der Waals surface area contributed by atoms with Crippen LogP contribution in [0.25, 0.3) is 0 Å². The van der Waals surface area contributed by atoms with E-state index < -0.39 is 0 Å². The number of nitrogens with zero attached hydrogens (tertiary/aromatic N) is 6. The van der Waals surface area contributed by atoms with Crippen molar-refractivity contribution in [2.24, 2.45) is 0 Å². The maximum atomic E-state index is 5.67. The summed E-state index contributed by atoms with van der Waals surface area (Å²) in [7, 11) is 0. The Bertz CT molecular complexity index is 827. The molecule has 0 aromatic carbocycles. The van der Waals surface area contributed by atoms with Crippen LogP contribution in [0.5, 0.6) is 0 Å². The Hall–Kier alpha value is -1.49. The van der Waals surface area contributed by atoms with E-state index >= 15 is 0 Å². The molecule has 2 aromatic heterocycles. The second kappa shape index (κ2) is 8.68. The van der Waals surface area contributed by atoms with E-state index in [0.29, 0.717) is 36.4 Å². The largest absolute Gasteiger partial charge is 0.413 e. The highest BCUT2D eigenvalue weighted by atomic mass is 32.2. The molecule has 0 radical (unpaired) electrons. The van der Waals surface area contributed by atoms with Crippen LogP contribution in [0.1, 0.15) is 24.4 Å². The zero-order valence-corrected chi connectivity index (χ0v) is 17.1. The highest BCUT2D eigenvalue weighted by Crippen LogP contribution is 2.23. The van der Waals surface area contributed by atoms with Crippen LogP contribution >= 0.6 is 24.0 Å². The number of ether oxygens (including phenoxy) is 1. The lowest BCUT2D eigenvalue weighted by Gasteiger charge is -2.27. The standard InChI is InChI=1S/C17H24N6O2S2/c1-13-10-15(19-16(18-13)22-6-8-24-9-7-22)27-11-14-20-23(17(26)25-14)12-21-4-2-3-5-21/h10H,2-9,11-12H2,1H3. The summed E-state index contributed by atoms with van der Waals surface area (Å²) in [5.74, 6) is 1.99. The van der Waals surface area contributed by atoms with Gasteiger partial charge in [0.25, 0.3) is 4.84 Å². The number of hydrogen-bond acceptors (Lipinski definition) is 9. The lowest BCUT2D eigenvalue weighted by molar-refractivity contribution is 0.122. The van der Waals surface area contributed by atoms with Gasteiger partial charge >= 0.3 is 0 Å². The van der Waals surface area contributed by atoms with Gasteiger partial charge in [-0.05, 0) is 51.1 Å². The van der Waals surface area contributed by atoms with Gasteiger partial charge in [0.1, 0.15) is 5.03 Å². The van der Waals surface area contributed by atoms with E-state index in [0.717, 1.165) is 42.8 Å². The first-order chi connectivity index (χ1) is 13.2. The zero-order valence-electron chi connectivity index (χ0n) is 15.5. The highest BCUT2D eigenvalue weighted by molar-refractivity contribution is 7.98. The summed E-state index contributed by atoms with van der Waals surface area (Å²) in [5.41, 5.74) is 0.953. The van der Waals surface area contributed by atoms with Crippen LogP contribution in [0.15, 0.2) is 15.5 Å². The number of aryl methyl sites for hydroxylation is 1. The number of thioether (sulfide) groups is 1. The fourth-order valence-corrected chi connectivity index (χ4v) is 4.23. The fraction of sp³-hybridized carbons (Fsp3) is 0.647. The topological polar surface area (TPSA) is 72.5 Å². The summed E-state index contributed by atoms with van der Waals surface area (Å²) in [6, 6.07) is 1.99. The first-order valence-electron chi connectivity index (χ1n) is 9.28. The smallest absolute Gasteiger partial charge is 0.288 e. The number of hydrogen-bond donors (Lipinski definition) is 0. The molecule has 0 bridgehead atoms. The summed E-state index contributed by atoms with van der Waals surface area (Å²) in [5, 5.41) is 5.45. The van der Waals surface area contributed by atoms with E-state index in [9.17, 15) is 0 Å². The molecule has 0 unspecified atom stereocenters. The molecular weight excluding hydrogens is 384 g/mol. The van der Waals surface area contributed by atoms with Gasteiger partial charge in [-0.25, -0.2) is 14.6 Å². The Labute approximate surface area is 167 Å². The van der Waals surface area contributed by atoms with E-state index in [1.54, 1.807) is 16.4 Å². The van der Waals surface area contributed by atoms with E-state index in [1.807, 2.05) is 13.0 Å². The number of anilines is 1. The Morgan fingerprint density at radius 1 is 1.15 bits per heavy atom. The Kier molecular flexibility index (Phi) is 6.06. The van der Waals surface area contributed by atoms with Crippen molar-refractivity contribution in [3.8, 4) is 0 Å². The maximum Gasteiger partial charge on any atom is 0.288 e. The number of likely N-dealkylation sites (tertiary alicyclic amines) is 1. The molecular formula is C17H24N6O2S2. The van der Waals surface area contributed by atoms with Gasteiger partial charge in [-0.3, -0.25) is 4.90 Å². The van der Waals surface area contributed by atoms with Crippen LogP contribution in [0.3, 0.4) is 0 Å². The molecule has 0 aliphatic carbocycles. The normalized spacial score (nSPS) is 18.3. The van der Waals surface area contributed by atoms with E-state index in [-0.39, 0.29) is 0 Å². The molecule has 10 heteroatoms. The lowest BCUT2D eigenvalue weighted by Crippen LogP contribution is -2.37. The summed E-state index contributed by atoms with van der Waals surface area (Å²) in [6.45, 7) is 7.98. The molecule has 0 atom stereocenters. The summed E-state index contributed by atoms with van der Waals surface area (Å²) < 4.78 is 12.9. The molecule has 0 N–H and O–H groups in total. The predicted molar refractivity (Wildman–Crippen MR) is 105 cm³/mol. The monoisotopic (exact) mass is 408 g/mol. The Morgan fingerprint density at radius 3 is 2.70 bits per heavy atom. The van der Waals surface area contributed by atoms with Crippen LogP contribution in [-0.4, -0.2) is 64.0 Å². The van der Waals surface area contributed by atoms with Gasteiger partial charge in [0.05, 0.1) is 25.6 Å². The first kappa shape index (κ1) is 18.9. The minimum absolute atomic E-state index is 0.436. The van der Waals surface area contributed by atoms with Crippen LogP contribution in [-0.2, 0) is 17.2 Å². The second-order valence-corrected chi connectivity index (χ2v) is 8.11. The fourth-order valence-electron chi connectivity index (χ4n) is 3.25. The Balaban J connectivity index is 1.41. The third-order valence-electron chi connectivity index (χ3n) is 4.64. The van der Waals surface area contributed by atoms with Gasteiger partial charge in [0.2, 0.25) is 11.8 Å². The van der Waals surface area contributed by atoms with Gasteiger partial charge in [0, 0.05) is 18.8 Å². The van der Waals surface area contributed by atoms with Crippen LogP contribution in [0.4, 0.5) is 5.95 Å². The third-order valence-corrected chi connectivity index (χ3v) is 5.83. The average Bonchev–Trinajstić information content (AvgIpc) is 3.31. The second-order valence-electron chi connectivity index (χ2n) is 6.76. The van der Waals surface area contributed by atoms with Gasteiger partial charge in [-0.2, -0.15) is 0 Å². The van der Waals surface area contributed by atoms with Crippen LogP contribution < -0.4 is 4.90 Å². The third kappa shape index (κ3) is 4.87. The van der Waals surface area contributed by atoms with Gasteiger partial charge in [0.15, 0.2) is 0 Å². The Morgan fingerprint density at radius 2 is 1.93 bits per heavy atom. The molecule has 4 rings (SSSR count). The summed E-state index contributed by atoms with van der Waals surface area (Å²) >= 11 is 6.91. The minimum atomic E-state index is 0.436. The van der Waals surface area contributed by atoms with Crippen molar-refractivity contribution in [3.05, 3.63) is 22.5 Å². The predicted octanol–water partition coefficient (Wildman–Crippen LogP) is 2.49. The maximum absolute atomic E-state index is 5.67. The van der Waals surface area contributed by atoms with Crippen molar-refractivity contribution in [2.45, 2.75) is 37.2 Å². The van der Waals surface area contributed by atoms with Crippen molar-refractivity contribution in [2.75, 3.05) is 44.3 Å².